The van der Waals surface area contributed by atoms with Crippen molar-refractivity contribution in [3.05, 3.63) is 34.3 Å². The van der Waals surface area contributed by atoms with Crippen molar-refractivity contribution in [2.24, 2.45) is 5.41 Å². The molecule has 1 aromatic rings. The third-order valence-corrected chi connectivity index (χ3v) is 5.16. The zero-order valence-electron chi connectivity index (χ0n) is 11.7. The van der Waals surface area contributed by atoms with E-state index >= 15 is 0 Å². The van der Waals surface area contributed by atoms with Crippen LogP contribution in [0.1, 0.15) is 37.2 Å². The van der Waals surface area contributed by atoms with Gasteiger partial charge in [0.1, 0.15) is 5.41 Å². The molecule has 0 unspecified atom stereocenters. The highest BCUT2D eigenvalue weighted by molar-refractivity contribution is 9.10. The molecule has 1 amide bonds. The Morgan fingerprint density at radius 3 is 2.43 bits per heavy atom. The predicted octanol–water partition coefficient (Wildman–Crippen LogP) is 3.02. The second kappa shape index (κ2) is 5.44. The summed E-state index contributed by atoms with van der Waals surface area (Å²) in [5, 5.41) is 9.21. The molecule has 1 aliphatic carbocycles. The quantitative estimate of drug-likeness (QED) is 0.851. The third kappa shape index (κ3) is 2.71. The van der Waals surface area contributed by atoms with E-state index in [1.54, 1.807) is 4.90 Å². The van der Waals surface area contributed by atoms with Gasteiger partial charge in [0.2, 0.25) is 5.91 Å². The maximum atomic E-state index is 12.4. The minimum absolute atomic E-state index is 0.178. The standard InChI is InChI=1S/C16H18BrNO3/c17-13-3-1-2-12(10-13)11-4-8-18(9-5-11)14(19)16(6-7-16)15(20)21/h1-3,10-11H,4-9H2,(H,20,21). The van der Waals surface area contributed by atoms with Crippen LogP contribution < -0.4 is 0 Å². The Bertz CT molecular complexity index is 575. The van der Waals surface area contributed by atoms with Gasteiger partial charge in [-0.25, -0.2) is 0 Å². The summed E-state index contributed by atoms with van der Waals surface area (Å²) in [5.41, 5.74) is 0.193. The summed E-state index contributed by atoms with van der Waals surface area (Å²) in [6.07, 6.45) is 2.79. The number of halogens is 1. The molecule has 0 radical (unpaired) electrons. The molecule has 3 rings (SSSR count). The van der Waals surface area contributed by atoms with Gasteiger partial charge in [-0.15, -0.1) is 0 Å². The monoisotopic (exact) mass is 351 g/mol. The van der Waals surface area contributed by atoms with Gasteiger partial charge in [0.15, 0.2) is 0 Å². The molecule has 1 saturated carbocycles. The Labute approximate surface area is 132 Å². The van der Waals surface area contributed by atoms with Crippen molar-refractivity contribution in [3.8, 4) is 0 Å². The molecule has 0 spiro atoms. The van der Waals surface area contributed by atoms with Crippen molar-refractivity contribution >= 4 is 27.8 Å². The van der Waals surface area contributed by atoms with E-state index in [4.69, 9.17) is 0 Å². The molecule has 2 aliphatic rings. The van der Waals surface area contributed by atoms with E-state index in [2.05, 4.69) is 28.1 Å². The Balaban J connectivity index is 1.63. The van der Waals surface area contributed by atoms with Gasteiger partial charge in [-0.05, 0) is 49.3 Å². The van der Waals surface area contributed by atoms with Crippen molar-refractivity contribution < 1.29 is 14.7 Å². The van der Waals surface area contributed by atoms with Crippen LogP contribution in [0.3, 0.4) is 0 Å². The molecular formula is C16H18BrNO3. The molecule has 1 aliphatic heterocycles. The molecule has 0 bridgehead atoms. The van der Waals surface area contributed by atoms with Gasteiger partial charge in [0.05, 0.1) is 0 Å². The molecule has 5 heteroatoms. The predicted molar refractivity (Wildman–Crippen MR) is 82.0 cm³/mol. The van der Waals surface area contributed by atoms with Crippen LogP contribution in [0.15, 0.2) is 28.7 Å². The summed E-state index contributed by atoms with van der Waals surface area (Å²) in [4.78, 5) is 25.3. The minimum atomic E-state index is -1.09. The zero-order chi connectivity index (χ0) is 15.0. The Morgan fingerprint density at radius 2 is 1.90 bits per heavy atom. The van der Waals surface area contributed by atoms with Crippen molar-refractivity contribution in [2.45, 2.75) is 31.6 Å². The van der Waals surface area contributed by atoms with Gasteiger partial charge in [0.25, 0.3) is 0 Å². The number of carboxylic acids is 1. The number of aliphatic carboxylic acids is 1. The van der Waals surface area contributed by atoms with Crippen LogP contribution in [0.4, 0.5) is 0 Å². The molecule has 0 aromatic heterocycles. The zero-order valence-corrected chi connectivity index (χ0v) is 13.3. The number of carbonyl (C=O) groups is 2. The lowest BCUT2D eigenvalue weighted by Crippen LogP contribution is -2.44. The van der Waals surface area contributed by atoms with Crippen molar-refractivity contribution in [2.75, 3.05) is 13.1 Å². The van der Waals surface area contributed by atoms with Crippen LogP contribution in [0.25, 0.3) is 0 Å². The lowest BCUT2D eigenvalue weighted by Gasteiger charge is -2.33. The number of likely N-dealkylation sites (tertiary alicyclic amines) is 1. The smallest absolute Gasteiger partial charge is 0.319 e. The average Bonchev–Trinajstić information content (AvgIpc) is 3.28. The largest absolute Gasteiger partial charge is 0.480 e. The van der Waals surface area contributed by atoms with Crippen LogP contribution >= 0.6 is 15.9 Å². The molecule has 1 heterocycles. The van der Waals surface area contributed by atoms with Gasteiger partial charge in [-0.1, -0.05) is 28.1 Å². The Kier molecular flexibility index (Phi) is 3.78. The summed E-state index contributed by atoms with van der Waals surface area (Å²) in [6.45, 7) is 1.32. The van der Waals surface area contributed by atoms with Gasteiger partial charge in [-0.2, -0.15) is 0 Å². The first-order chi connectivity index (χ1) is 10.0. The lowest BCUT2D eigenvalue weighted by molar-refractivity contribution is -0.153. The van der Waals surface area contributed by atoms with Crippen LogP contribution in [0.5, 0.6) is 0 Å². The fourth-order valence-electron chi connectivity index (χ4n) is 3.12. The van der Waals surface area contributed by atoms with E-state index in [1.807, 2.05) is 12.1 Å². The van der Waals surface area contributed by atoms with Crippen LogP contribution in [0, 0.1) is 5.41 Å². The number of carboxylic acid groups (broad SMARTS) is 1. The second-order valence-electron chi connectivity index (χ2n) is 6.01. The van der Waals surface area contributed by atoms with Crippen LogP contribution in [-0.4, -0.2) is 35.0 Å². The fraction of sp³-hybridized carbons (Fsp3) is 0.500. The maximum absolute atomic E-state index is 12.4. The first-order valence-electron chi connectivity index (χ1n) is 7.31. The SMILES string of the molecule is O=C(O)C1(C(=O)N2CCC(c3cccc(Br)c3)CC2)CC1. The van der Waals surface area contributed by atoms with Gasteiger partial charge in [-0.3, -0.25) is 9.59 Å². The molecular weight excluding hydrogens is 334 g/mol. The number of benzene rings is 1. The number of rotatable bonds is 3. The van der Waals surface area contributed by atoms with E-state index < -0.39 is 11.4 Å². The van der Waals surface area contributed by atoms with Crippen molar-refractivity contribution in [1.82, 2.24) is 4.90 Å². The highest BCUT2D eigenvalue weighted by atomic mass is 79.9. The van der Waals surface area contributed by atoms with E-state index in [1.165, 1.54) is 5.56 Å². The molecule has 0 atom stereocenters. The number of amides is 1. The highest BCUT2D eigenvalue weighted by Gasteiger charge is 2.58. The van der Waals surface area contributed by atoms with Crippen LogP contribution in [0.2, 0.25) is 0 Å². The number of carbonyl (C=O) groups excluding carboxylic acids is 1. The Hall–Kier alpha value is -1.36. The maximum Gasteiger partial charge on any atom is 0.319 e. The third-order valence-electron chi connectivity index (χ3n) is 4.67. The Morgan fingerprint density at radius 1 is 1.24 bits per heavy atom. The van der Waals surface area contributed by atoms with E-state index in [-0.39, 0.29) is 5.91 Å². The number of piperidine rings is 1. The first kappa shape index (κ1) is 14.6. The molecule has 1 aromatic carbocycles. The van der Waals surface area contributed by atoms with E-state index in [9.17, 15) is 14.7 Å². The summed E-state index contributed by atoms with van der Waals surface area (Å²) < 4.78 is 1.07. The average molecular weight is 352 g/mol. The lowest BCUT2D eigenvalue weighted by atomic mass is 9.89. The van der Waals surface area contributed by atoms with Crippen LogP contribution in [-0.2, 0) is 9.59 Å². The van der Waals surface area contributed by atoms with Crippen molar-refractivity contribution in [1.29, 1.82) is 0 Å². The van der Waals surface area contributed by atoms with Gasteiger partial charge in [0, 0.05) is 17.6 Å². The molecule has 4 nitrogen and oxygen atoms in total. The highest BCUT2D eigenvalue weighted by Crippen LogP contribution is 2.48. The second-order valence-corrected chi connectivity index (χ2v) is 6.92. The fourth-order valence-corrected chi connectivity index (χ4v) is 3.54. The molecule has 2 fully saturated rings. The van der Waals surface area contributed by atoms with E-state index in [0.29, 0.717) is 31.8 Å². The molecule has 1 saturated heterocycles. The number of nitrogens with zero attached hydrogens (tertiary/aromatic N) is 1. The van der Waals surface area contributed by atoms with Gasteiger partial charge < -0.3 is 10.0 Å². The van der Waals surface area contributed by atoms with Gasteiger partial charge >= 0.3 is 5.97 Å². The topological polar surface area (TPSA) is 57.6 Å². The summed E-state index contributed by atoms with van der Waals surface area (Å²) in [6, 6.07) is 8.28. The minimum Gasteiger partial charge on any atom is -0.480 e. The summed E-state index contributed by atoms with van der Waals surface area (Å²) in [7, 11) is 0. The number of hydrogen-bond acceptors (Lipinski definition) is 2. The summed E-state index contributed by atoms with van der Waals surface area (Å²) >= 11 is 3.48. The molecule has 112 valence electrons. The normalized spacial score (nSPS) is 21.1. The summed E-state index contributed by atoms with van der Waals surface area (Å²) in [5.74, 6) is -0.684. The molecule has 1 N–H and O–H groups in total. The van der Waals surface area contributed by atoms with E-state index in [0.717, 1.165) is 17.3 Å². The molecule has 21 heavy (non-hydrogen) atoms. The first-order valence-corrected chi connectivity index (χ1v) is 8.10. The van der Waals surface area contributed by atoms with Crippen molar-refractivity contribution in [3.63, 3.8) is 0 Å². The number of hydrogen-bond donors (Lipinski definition) is 1.